The van der Waals surface area contributed by atoms with Crippen LogP contribution in [0, 0.1) is 5.82 Å². The quantitative estimate of drug-likeness (QED) is 0.794. The van der Waals surface area contributed by atoms with Crippen molar-refractivity contribution in [2.45, 2.75) is 51.4 Å². The van der Waals surface area contributed by atoms with E-state index in [1.165, 1.54) is 0 Å². The van der Waals surface area contributed by atoms with Gasteiger partial charge in [0.15, 0.2) is 0 Å². The summed E-state index contributed by atoms with van der Waals surface area (Å²) in [5.41, 5.74) is 3.86. The molecule has 0 spiro atoms. The highest BCUT2D eigenvalue weighted by molar-refractivity contribution is 5.32. The second-order valence-electron chi connectivity index (χ2n) is 6.68. The Kier molecular flexibility index (Phi) is 5.51. The SMILES string of the molecule is CCCCc1cc(Cc2nn(O)cc2C2CCNCC2)ccc1F. The summed E-state index contributed by atoms with van der Waals surface area (Å²) in [6.45, 7) is 4.11. The van der Waals surface area contributed by atoms with Crippen molar-refractivity contribution in [3.8, 4) is 0 Å². The summed E-state index contributed by atoms with van der Waals surface area (Å²) in [6, 6.07) is 5.33. The largest absolute Gasteiger partial charge is 0.412 e. The third-order valence-corrected chi connectivity index (χ3v) is 4.87. The average Bonchev–Trinajstić information content (AvgIpc) is 2.96. The molecule has 0 amide bonds. The summed E-state index contributed by atoms with van der Waals surface area (Å²) in [7, 11) is 0. The van der Waals surface area contributed by atoms with Crippen LogP contribution in [0.4, 0.5) is 4.39 Å². The van der Waals surface area contributed by atoms with Crippen LogP contribution in [0.3, 0.4) is 0 Å². The molecule has 0 bridgehead atoms. The van der Waals surface area contributed by atoms with Crippen LogP contribution < -0.4 is 5.32 Å². The molecule has 1 aliphatic heterocycles. The van der Waals surface area contributed by atoms with Crippen molar-refractivity contribution in [2.24, 2.45) is 0 Å². The van der Waals surface area contributed by atoms with Gasteiger partial charge in [-0.15, -0.1) is 9.94 Å². The summed E-state index contributed by atoms with van der Waals surface area (Å²) in [5, 5.41) is 17.4. The highest BCUT2D eigenvalue weighted by Gasteiger charge is 2.21. The Labute approximate surface area is 142 Å². The van der Waals surface area contributed by atoms with Gasteiger partial charge in [-0.2, -0.15) is 0 Å². The van der Waals surface area contributed by atoms with Gasteiger partial charge in [0.25, 0.3) is 0 Å². The minimum absolute atomic E-state index is 0.126. The molecule has 4 nitrogen and oxygen atoms in total. The molecule has 1 aromatic carbocycles. The topological polar surface area (TPSA) is 50.1 Å². The zero-order valence-corrected chi connectivity index (χ0v) is 14.3. The lowest BCUT2D eigenvalue weighted by Crippen LogP contribution is -2.26. The first-order valence-corrected chi connectivity index (χ1v) is 8.93. The first-order chi connectivity index (χ1) is 11.7. The number of rotatable bonds is 6. The average molecular weight is 331 g/mol. The normalized spacial score (nSPS) is 15.8. The van der Waals surface area contributed by atoms with Gasteiger partial charge in [0.05, 0.1) is 11.9 Å². The number of aryl methyl sites for hydroxylation is 1. The van der Waals surface area contributed by atoms with Crippen LogP contribution in [0.15, 0.2) is 24.4 Å². The van der Waals surface area contributed by atoms with Gasteiger partial charge in [-0.05, 0) is 61.9 Å². The first-order valence-electron chi connectivity index (χ1n) is 8.93. The molecule has 1 aliphatic rings. The lowest BCUT2D eigenvalue weighted by Gasteiger charge is -2.22. The third kappa shape index (κ3) is 3.96. The second-order valence-corrected chi connectivity index (χ2v) is 6.68. The minimum atomic E-state index is -0.126. The molecule has 0 unspecified atom stereocenters. The first kappa shape index (κ1) is 17.0. The zero-order chi connectivity index (χ0) is 16.9. The van der Waals surface area contributed by atoms with Crippen LogP contribution in [0.25, 0.3) is 0 Å². The monoisotopic (exact) mass is 331 g/mol. The lowest BCUT2D eigenvalue weighted by molar-refractivity contribution is 0.147. The van der Waals surface area contributed by atoms with Crippen molar-refractivity contribution >= 4 is 0 Å². The van der Waals surface area contributed by atoms with Gasteiger partial charge in [0.2, 0.25) is 0 Å². The van der Waals surface area contributed by atoms with E-state index in [2.05, 4.69) is 17.3 Å². The fourth-order valence-corrected chi connectivity index (χ4v) is 3.51. The Morgan fingerprint density at radius 2 is 2.12 bits per heavy atom. The van der Waals surface area contributed by atoms with Gasteiger partial charge >= 0.3 is 0 Å². The summed E-state index contributed by atoms with van der Waals surface area (Å²) in [4.78, 5) is 0.925. The molecule has 2 aromatic rings. The summed E-state index contributed by atoms with van der Waals surface area (Å²) < 4.78 is 13.9. The highest BCUT2D eigenvalue weighted by atomic mass is 19.1. The van der Waals surface area contributed by atoms with Crippen LogP contribution in [0.1, 0.15) is 60.9 Å². The maximum Gasteiger partial charge on any atom is 0.126 e. The Morgan fingerprint density at radius 1 is 1.33 bits per heavy atom. The summed E-state index contributed by atoms with van der Waals surface area (Å²) in [5.74, 6) is 0.306. The molecule has 1 saturated heterocycles. The number of hydrogen-bond acceptors (Lipinski definition) is 3. The standard InChI is InChI=1S/C19H26FN3O/c1-2-3-4-16-11-14(5-6-18(16)20)12-19-17(13-23(24)22-19)15-7-9-21-10-8-15/h5-6,11,13,15,21,24H,2-4,7-10,12H2,1H3. The summed E-state index contributed by atoms with van der Waals surface area (Å²) in [6.07, 6.45) is 7.29. The number of hydrogen-bond donors (Lipinski definition) is 2. The van der Waals surface area contributed by atoms with E-state index in [9.17, 15) is 9.60 Å². The number of piperidine rings is 1. The van der Waals surface area contributed by atoms with E-state index in [1.807, 2.05) is 12.1 Å². The fraction of sp³-hybridized carbons (Fsp3) is 0.526. The minimum Gasteiger partial charge on any atom is -0.412 e. The Bertz CT molecular complexity index is 677. The van der Waals surface area contributed by atoms with Crippen molar-refractivity contribution in [3.63, 3.8) is 0 Å². The van der Waals surface area contributed by atoms with Crippen LogP contribution in [0.5, 0.6) is 0 Å². The van der Waals surface area contributed by atoms with Crippen molar-refractivity contribution < 1.29 is 9.60 Å². The molecule has 0 radical (unpaired) electrons. The molecular formula is C19H26FN3O. The lowest BCUT2D eigenvalue weighted by atomic mass is 9.89. The third-order valence-electron chi connectivity index (χ3n) is 4.87. The van der Waals surface area contributed by atoms with Gasteiger partial charge in [-0.1, -0.05) is 25.5 Å². The second kappa shape index (κ2) is 7.79. The molecule has 0 atom stereocenters. The molecule has 24 heavy (non-hydrogen) atoms. The number of unbranched alkanes of at least 4 members (excludes halogenated alkanes) is 1. The number of nitrogens with zero attached hydrogens (tertiary/aromatic N) is 2. The molecule has 1 aromatic heterocycles. The van der Waals surface area contributed by atoms with E-state index in [-0.39, 0.29) is 5.82 Å². The van der Waals surface area contributed by atoms with Crippen LogP contribution in [0.2, 0.25) is 0 Å². The molecule has 2 N–H and O–H groups in total. The van der Waals surface area contributed by atoms with E-state index >= 15 is 0 Å². The highest BCUT2D eigenvalue weighted by Crippen LogP contribution is 2.29. The Balaban J connectivity index is 1.80. The van der Waals surface area contributed by atoms with Crippen molar-refractivity contribution in [3.05, 3.63) is 52.6 Å². The molecule has 3 rings (SSSR count). The van der Waals surface area contributed by atoms with Crippen LogP contribution in [-0.2, 0) is 12.8 Å². The molecular weight excluding hydrogens is 305 g/mol. The molecule has 0 saturated carbocycles. The van der Waals surface area contributed by atoms with Gasteiger partial charge in [0.1, 0.15) is 5.82 Å². The van der Waals surface area contributed by atoms with E-state index in [4.69, 9.17) is 0 Å². The van der Waals surface area contributed by atoms with Gasteiger partial charge < -0.3 is 10.5 Å². The number of halogens is 1. The Morgan fingerprint density at radius 3 is 2.88 bits per heavy atom. The molecule has 1 fully saturated rings. The fourth-order valence-electron chi connectivity index (χ4n) is 3.51. The van der Waals surface area contributed by atoms with Crippen molar-refractivity contribution in [1.82, 2.24) is 15.3 Å². The Hall–Kier alpha value is -1.88. The molecule has 130 valence electrons. The molecule has 5 heteroatoms. The smallest absolute Gasteiger partial charge is 0.126 e. The number of benzene rings is 1. The zero-order valence-electron chi connectivity index (χ0n) is 14.3. The van der Waals surface area contributed by atoms with Crippen LogP contribution >= 0.6 is 0 Å². The van der Waals surface area contributed by atoms with Gasteiger partial charge in [-0.3, -0.25) is 0 Å². The predicted octanol–water partition coefficient (Wildman–Crippen LogP) is 3.66. The van der Waals surface area contributed by atoms with Crippen molar-refractivity contribution in [2.75, 3.05) is 13.1 Å². The van der Waals surface area contributed by atoms with E-state index in [0.29, 0.717) is 12.3 Å². The molecule has 0 aliphatic carbocycles. The summed E-state index contributed by atoms with van der Waals surface area (Å²) >= 11 is 0. The van der Waals surface area contributed by atoms with Crippen LogP contribution in [-0.4, -0.2) is 28.2 Å². The van der Waals surface area contributed by atoms with Crippen molar-refractivity contribution in [1.29, 1.82) is 0 Å². The van der Waals surface area contributed by atoms with E-state index in [0.717, 1.165) is 72.4 Å². The maximum atomic E-state index is 13.9. The van der Waals surface area contributed by atoms with E-state index < -0.39 is 0 Å². The number of aromatic nitrogens is 2. The predicted molar refractivity (Wildman–Crippen MR) is 92.1 cm³/mol. The number of nitrogens with one attached hydrogen (secondary N) is 1. The van der Waals surface area contributed by atoms with Gasteiger partial charge in [0, 0.05) is 12.0 Å². The molecule has 2 heterocycles. The maximum absolute atomic E-state index is 13.9. The van der Waals surface area contributed by atoms with Gasteiger partial charge in [-0.25, -0.2) is 4.39 Å². The van der Waals surface area contributed by atoms with E-state index in [1.54, 1.807) is 12.3 Å².